The zero-order chi connectivity index (χ0) is 12.3. The van der Waals surface area contributed by atoms with Crippen LogP contribution < -0.4 is 4.90 Å². The van der Waals surface area contributed by atoms with Gasteiger partial charge in [-0.1, -0.05) is 11.6 Å². The largest absolute Gasteiger partial charge is 0.396 e. The van der Waals surface area contributed by atoms with Crippen LogP contribution in [-0.2, 0) is 4.74 Å². The Morgan fingerprint density at radius 2 is 2.29 bits per heavy atom. The molecule has 7 heteroatoms. The number of ether oxygens (including phenoxy) is 1. The third-order valence-corrected chi connectivity index (χ3v) is 3.00. The highest BCUT2D eigenvalue weighted by Crippen LogP contribution is 2.23. The quantitative estimate of drug-likeness (QED) is 0.668. The molecule has 17 heavy (non-hydrogen) atoms. The molecule has 0 spiro atoms. The summed E-state index contributed by atoms with van der Waals surface area (Å²) in [6.07, 6.45) is 0.624. The first kappa shape index (κ1) is 12.8. The number of aliphatic hydroxyl groups excluding tert-OH is 1. The Labute approximate surface area is 109 Å². The summed E-state index contributed by atoms with van der Waals surface area (Å²) in [5.41, 5.74) is 0. The molecule has 1 fully saturated rings. The molecule has 1 N–H and O–H groups in total. The van der Waals surface area contributed by atoms with Gasteiger partial charge in [-0.25, -0.2) is 9.97 Å². The van der Waals surface area contributed by atoms with E-state index < -0.39 is 0 Å². The fraction of sp³-hybridized carbons (Fsp3) is 0.600. The smallest absolute Gasteiger partial charge is 0.225 e. The van der Waals surface area contributed by atoms with E-state index in [2.05, 4.69) is 9.97 Å². The highest BCUT2D eigenvalue weighted by atomic mass is 35.5. The van der Waals surface area contributed by atoms with Gasteiger partial charge >= 0.3 is 0 Å². The lowest BCUT2D eigenvalue weighted by Crippen LogP contribution is -2.46. The fourth-order valence-corrected chi connectivity index (χ4v) is 2.27. The van der Waals surface area contributed by atoms with Crippen LogP contribution in [0.25, 0.3) is 0 Å². The van der Waals surface area contributed by atoms with Gasteiger partial charge in [0.25, 0.3) is 0 Å². The van der Waals surface area contributed by atoms with Crippen molar-refractivity contribution in [2.75, 3.05) is 31.3 Å². The van der Waals surface area contributed by atoms with Crippen molar-refractivity contribution in [2.24, 2.45) is 0 Å². The predicted molar refractivity (Wildman–Crippen MR) is 65.7 cm³/mol. The lowest BCUT2D eigenvalue weighted by molar-refractivity contribution is 0.0845. The van der Waals surface area contributed by atoms with Crippen LogP contribution in [-0.4, -0.2) is 47.5 Å². The summed E-state index contributed by atoms with van der Waals surface area (Å²) in [6.45, 7) is 2.01. The summed E-state index contributed by atoms with van der Waals surface area (Å²) in [6, 6.07) is 1.76. The van der Waals surface area contributed by atoms with E-state index in [1.54, 1.807) is 6.07 Å². The molecule has 1 aliphatic heterocycles. The predicted octanol–water partition coefficient (Wildman–Crippen LogP) is 1.37. The molecule has 5 nitrogen and oxygen atoms in total. The van der Waals surface area contributed by atoms with E-state index in [0.29, 0.717) is 37.2 Å². The molecule has 0 amide bonds. The molecule has 0 unspecified atom stereocenters. The number of hydrogen-bond acceptors (Lipinski definition) is 5. The molecule has 94 valence electrons. The van der Waals surface area contributed by atoms with Gasteiger partial charge in [0.2, 0.25) is 5.28 Å². The molecule has 1 saturated heterocycles. The van der Waals surface area contributed by atoms with Gasteiger partial charge in [0.15, 0.2) is 0 Å². The van der Waals surface area contributed by atoms with Gasteiger partial charge in [-0.15, -0.1) is 0 Å². The molecule has 2 heterocycles. The number of rotatable bonds is 3. The van der Waals surface area contributed by atoms with Crippen molar-refractivity contribution in [1.29, 1.82) is 0 Å². The van der Waals surface area contributed by atoms with Crippen LogP contribution in [0.2, 0.25) is 10.4 Å². The lowest BCUT2D eigenvalue weighted by atomic mass is 10.1. The second-order valence-electron chi connectivity index (χ2n) is 3.75. The number of aliphatic hydroxyl groups is 1. The minimum Gasteiger partial charge on any atom is -0.396 e. The minimum absolute atomic E-state index is 0.0933. The topological polar surface area (TPSA) is 58.5 Å². The van der Waals surface area contributed by atoms with E-state index >= 15 is 0 Å². The van der Waals surface area contributed by atoms with Gasteiger partial charge in [0.1, 0.15) is 11.0 Å². The van der Waals surface area contributed by atoms with Gasteiger partial charge in [-0.3, -0.25) is 0 Å². The third kappa shape index (κ3) is 3.19. The summed E-state index contributed by atoms with van der Waals surface area (Å²) in [7, 11) is 0. The molecule has 1 aliphatic rings. The fourth-order valence-electron chi connectivity index (χ4n) is 1.87. The highest BCUT2D eigenvalue weighted by Gasteiger charge is 2.24. The maximum Gasteiger partial charge on any atom is 0.225 e. The Morgan fingerprint density at radius 3 is 3.00 bits per heavy atom. The molecule has 1 aromatic heterocycles. The molecule has 1 aromatic rings. The maximum absolute atomic E-state index is 9.03. The lowest BCUT2D eigenvalue weighted by Gasteiger charge is -2.36. The zero-order valence-corrected chi connectivity index (χ0v) is 10.7. The maximum atomic E-state index is 9.03. The molecule has 2 rings (SSSR count). The van der Waals surface area contributed by atoms with Crippen molar-refractivity contribution in [3.05, 3.63) is 16.5 Å². The van der Waals surface area contributed by atoms with Crippen molar-refractivity contribution >= 4 is 29.0 Å². The monoisotopic (exact) mass is 277 g/mol. The number of halogens is 2. The number of morpholine rings is 1. The average Bonchev–Trinajstić information content (AvgIpc) is 2.29. The normalized spacial score (nSPS) is 20.6. The van der Waals surface area contributed by atoms with Crippen LogP contribution >= 0.6 is 23.2 Å². The SMILES string of the molecule is OCC[C@@H]1COCCN1c1cc(Cl)nc(Cl)n1. The van der Waals surface area contributed by atoms with Crippen molar-refractivity contribution in [2.45, 2.75) is 12.5 Å². The summed E-state index contributed by atoms with van der Waals surface area (Å²) in [5.74, 6) is 0.678. The molecule has 0 radical (unpaired) electrons. The van der Waals surface area contributed by atoms with Gasteiger partial charge in [-0.2, -0.15) is 0 Å². The third-order valence-electron chi connectivity index (χ3n) is 2.64. The Kier molecular flexibility index (Phi) is 4.39. The van der Waals surface area contributed by atoms with Crippen LogP contribution in [0, 0.1) is 0 Å². The van der Waals surface area contributed by atoms with Crippen LogP contribution in [0.4, 0.5) is 5.82 Å². The van der Waals surface area contributed by atoms with Gasteiger partial charge in [-0.05, 0) is 18.0 Å². The number of anilines is 1. The molecular weight excluding hydrogens is 265 g/mol. The first-order chi connectivity index (χ1) is 8.20. The van der Waals surface area contributed by atoms with E-state index in [4.69, 9.17) is 33.0 Å². The van der Waals surface area contributed by atoms with Crippen molar-refractivity contribution in [1.82, 2.24) is 9.97 Å². The Morgan fingerprint density at radius 1 is 1.47 bits per heavy atom. The van der Waals surface area contributed by atoms with Crippen LogP contribution in [0.5, 0.6) is 0 Å². The molecule has 0 bridgehead atoms. The van der Waals surface area contributed by atoms with E-state index in [9.17, 15) is 0 Å². The Balaban J connectivity index is 2.22. The molecule has 0 aromatic carbocycles. The second kappa shape index (κ2) is 5.82. The molecule has 1 atom stereocenters. The van der Waals surface area contributed by atoms with Crippen molar-refractivity contribution < 1.29 is 9.84 Å². The number of hydrogen-bond donors (Lipinski definition) is 1. The van der Waals surface area contributed by atoms with E-state index in [1.165, 1.54) is 0 Å². The van der Waals surface area contributed by atoms with Crippen molar-refractivity contribution in [3.8, 4) is 0 Å². The second-order valence-corrected chi connectivity index (χ2v) is 4.48. The standard InChI is InChI=1S/C10H13Cl2N3O2/c11-8-5-9(14-10(12)13-8)15-2-4-17-6-7(15)1-3-16/h5,7,16H,1-4,6H2/t7-/m1/s1. The summed E-state index contributed by atoms with van der Waals surface area (Å²) >= 11 is 11.6. The zero-order valence-electron chi connectivity index (χ0n) is 9.14. The highest BCUT2D eigenvalue weighted by molar-refractivity contribution is 6.32. The number of aromatic nitrogens is 2. The van der Waals surface area contributed by atoms with Gasteiger partial charge in [0, 0.05) is 19.2 Å². The molecular formula is C10H13Cl2N3O2. The van der Waals surface area contributed by atoms with Gasteiger partial charge in [0.05, 0.1) is 19.3 Å². The Hall–Kier alpha value is -0.620. The average molecular weight is 278 g/mol. The van der Waals surface area contributed by atoms with Crippen molar-refractivity contribution in [3.63, 3.8) is 0 Å². The first-order valence-electron chi connectivity index (χ1n) is 5.36. The van der Waals surface area contributed by atoms with Crippen LogP contribution in [0.15, 0.2) is 6.07 Å². The van der Waals surface area contributed by atoms with E-state index in [1.807, 2.05) is 4.90 Å². The van der Waals surface area contributed by atoms with Gasteiger partial charge < -0.3 is 14.7 Å². The molecule has 0 saturated carbocycles. The Bertz CT molecular complexity index is 370. The van der Waals surface area contributed by atoms with Crippen LogP contribution in [0.3, 0.4) is 0 Å². The van der Waals surface area contributed by atoms with Crippen LogP contribution in [0.1, 0.15) is 6.42 Å². The summed E-state index contributed by atoms with van der Waals surface area (Å²) in [4.78, 5) is 10.0. The summed E-state index contributed by atoms with van der Waals surface area (Å²) in [5, 5.41) is 9.47. The minimum atomic E-state index is 0.0933. The molecule has 0 aliphatic carbocycles. The summed E-state index contributed by atoms with van der Waals surface area (Å²) < 4.78 is 5.38. The first-order valence-corrected chi connectivity index (χ1v) is 6.11. The van der Waals surface area contributed by atoms with E-state index in [-0.39, 0.29) is 17.9 Å². The number of nitrogens with zero attached hydrogens (tertiary/aromatic N) is 3. The van der Waals surface area contributed by atoms with E-state index in [0.717, 1.165) is 0 Å².